The number of carbonyl (C=O) groups excluding carboxylic acids is 1. The molecule has 0 radical (unpaired) electrons. The smallest absolute Gasteiger partial charge is 0.254 e. The van der Waals surface area contributed by atoms with E-state index in [2.05, 4.69) is 5.32 Å². The Morgan fingerprint density at radius 2 is 1.68 bits per heavy atom. The van der Waals surface area contributed by atoms with E-state index in [0.717, 1.165) is 5.56 Å². The fourth-order valence-corrected chi connectivity index (χ4v) is 5.04. The van der Waals surface area contributed by atoms with E-state index in [0.29, 0.717) is 29.8 Å². The average molecular weight is 442 g/mol. The van der Waals surface area contributed by atoms with Gasteiger partial charge in [-0.15, -0.1) is 0 Å². The number of nitrogens with one attached hydrogen (secondary N) is 1. The predicted octanol–water partition coefficient (Wildman–Crippen LogP) is 3.75. The van der Waals surface area contributed by atoms with Gasteiger partial charge in [0.15, 0.2) is 0 Å². The zero-order valence-corrected chi connectivity index (χ0v) is 17.3. The fraction of sp³-hybridized carbons (Fsp3) is 0.174. The van der Waals surface area contributed by atoms with Gasteiger partial charge in [-0.05, 0) is 53.4 Å². The van der Waals surface area contributed by atoms with E-state index >= 15 is 0 Å². The van der Waals surface area contributed by atoms with Gasteiger partial charge < -0.3 is 5.32 Å². The molecule has 0 saturated carbocycles. The monoisotopic (exact) mass is 442 g/mol. The number of carbonyl (C=O) groups is 1. The Bertz CT molecular complexity index is 1230. The Kier molecular flexibility index (Phi) is 5.73. The number of nitrogens with zero attached hydrogens (tertiary/aromatic N) is 1. The standard InChI is InChI=1S/C23H20F2N2O3S/c24-19-8-5-16(6-9-19)18-7-10-20(21(25)15-18)23(28)26-12-14-31(29,30)27-13-11-17-3-1-2-4-22(17)27/h1-10,15H,11-14H2,(H,26,28). The lowest BCUT2D eigenvalue weighted by Gasteiger charge is -2.19. The Labute approximate surface area is 179 Å². The lowest BCUT2D eigenvalue weighted by atomic mass is 10.0. The molecule has 0 spiro atoms. The summed E-state index contributed by atoms with van der Waals surface area (Å²) in [6.45, 7) is 0.230. The van der Waals surface area contributed by atoms with E-state index in [1.807, 2.05) is 12.1 Å². The molecule has 8 heteroatoms. The molecule has 0 fully saturated rings. The van der Waals surface area contributed by atoms with E-state index in [-0.39, 0.29) is 17.9 Å². The maximum Gasteiger partial charge on any atom is 0.254 e. The van der Waals surface area contributed by atoms with Gasteiger partial charge in [-0.1, -0.05) is 36.4 Å². The first kappa shape index (κ1) is 21.0. The lowest BCUT2D eigenvalue weighted by molar-refractivity contribution is 0.0952. The molecule has 160 valence electrons. The van der Waals surface area contributed by atoms with Gasteiger partial charge in [-0.25, -0.2) is 17.2 Å². The molecular weight excluding hydrogens is 422 g/mol. The summed E-state index contributed by atoms with van der Waals surface area (Å²) in [6.07, 6.45) is 0.646. The SMILES string of the molecule is O=C(NCCS(=O)(=O)N1CCc2ccccc21)c1ccc(-c2ccc(F)cc2)cc1F. The molecule has 1 N–H and O–H groups in total. The summed E-state index contributed by atoms with van der Waals surface area (Å²) in [5.41, 5.74) is 2.57. The molecule has 0 aromatic heterocycles. The average Bonchev–Trinajstić information content (AvgIpc) is 3.19. The summed E-state index contributed by atoms with van der Waals surface area (Å²) in [5.74, 6) is -2.12. The van der Waals surface area contributed by atoms with Crippen molar-refractivity contribution in [3.63, 3.8) is 0 Å². The van der Waals surface area contributed by atoms with Crippen LogP contribution < -0.4 is 9.62 Å². The molecule has 0 aliphatic carbocycles. The van der Waals surface area contributed by atoms with Crippen molar-refractivity contribution in [3.8, 4) is 11.1 Å². The molecule has 1 amide bonds. The molecule has 0 atom stereocenters. The minimum atomic E-state index is -3.61. The van der Waals surface area contributed by atoms with E-state index in [1.54, 1.807) is 18.2 Å². The summed E-state index contributed by atoms with van der Waals surface area (Å²) in [7, 11) is -3.61. The number of sulfonamides is 1. The Morgan fingerprint density at radius 3 is 2.42 bits per heavy atom. The number of anilines is 1. The number of rotatable bonds is 6. The second-order valence-corrected chi connectivity index (χ2v) is 9.24. The Hall–Kier alpha value is -3.26. The first-order chi connectivity index (χ1) is 14.8. The number of benzene rings is 3. The minimum absolute atomic E-state index is 0.140. The Morgan fingerprint density at radius 1 is 0.968 bits per heavy atom. The molecule has 0 unspecified atom stereocenters. The Balaban J connectivity index is 1.39. The van der Waals surface area contributed by atoms with Crippen LogP contribution in [0.4, 0.5) is 14.5 Å². The summed E-state index contributed by atoms with van der Waals surface area (Å²) in [6, 6.07) is 17.0. The van der Waals surface area contributed by atoms with E-state index in [4.69, 9.17) is 0 Å². The van der Waals surface area contributed by atoms with Crippen molar-refractivity contribution >= 4 is 21.6 Å². The maximum atomic E-state index is 14.5. The number of hydrogen-bond acceptors (Lipinski definition) is 3. The number of para-hydroxylation sites is 1. The highest BCUT2D eigenvalue weighted by atomic mass is 32.2. The van der Waals surface area contributed by atoms with Gasteiger partial charge in [-0.2, -0.15) is 0 Å². The summed E-state index contributed by atoms with van der Waals surface area (Å²) in [5, 5.41) is 2.48. The quantitative estimate of drug-likeness (QED) is 0.632. The van der Waals surface area contributed by atoms with Crippen LogP contribution in [0.3, 0.4) is 0 Å². The van der Waals surface area contributed by atoms with Gasteiger partial charge in [0.1, 0.15) is 11.6 Å². The zero-order valence-electron chi connectivity index (χ0n) is 16.5. The van der Waals surface area contributed by atoms with Gasteiger partial charge in [0.05, 0.1) is 17.0 Å². The lowest BCUT2D eigenvalue weighted by Crippen LogP contribution is -2.37. The van der Waals surface area contributed by atoms with Crippen LogP contribution >= 0.6 is 0 Å². The van der Waals surface area contributed by atoms with Crippen LogP contribution in [0.15, 0.2) is 66.7 Å². The highest BCUT2D eigenvalue weighted by Crippen LogP contribution is 2.30. The second kappa shape index (κ2) is 8.47. The molecule has 4 rings (SSSR count). The minimum Gasteiger partial charge on any atom is -0.351 e. The van der Waals surface area contributed by atoms with Crippen LogP contribution in [-0.4, -0.2) is 33.2 Å². The van der Waals surface area contributed by atoms with Crippen molar-refractivity contribution in [1.29, 1.82) is 0 Å². The van der Waals surface area contributed by atoms with Crippen LogP contribution in [-0.2, 0) is 16.4 Å². The highest BCUT2D eigenvalue weighted by molar-refractivity contribution is 7.92. The van der Waals surface area contributed by atoms with Crippen LogP contribution in [0.2, 0.25) is 0 Å². The first-order valence-corrected chi connectivity index (χ1v) is 11.4. The largest absolute Gasteiger partial charge is 0.351 e. The zero-order chi connectivity index (χ0) is 22.0. The topological polar surface area (TPSA) is 66.5 Å². The van der Waals surface area contributed by atoms with Gasteiger partial charge >= 0.3 is 0 Å². The van der Waals surface area contributed by atoms with Crippen LogP contribution in [0, 0.1) is 11.6 Å². The molecule has 31 heavy (non-hydrogen) atoms. The van der Waals surface area contributed by atoms with Gasteiger partial charge in [0, 0.05) is 13.1 Å². The third-order valence-corrected chi connectivity index (χ3v) is 6.99. The van der Waals surface area contributed by atoms with Crippen molar-refractivity contribution in [2.75, 3.05) is 23.1 Å². The van der Waals surface area contributed by atoms with Crippen molar-refractivity contribution in [3.05, 3.63) is 89.5 Å². The molecule has 1 aliphatic heterocycles. The number of halogens is 2. The molecule has 1 heterocycles. The first-order valence-electron chi connectivity index (χ1n) is 9.77. The summed E-state index contributed by atoms with van der Waals surface area (Å²) < 4.78 is 54.2. The summed E-state index contributed by atoms with van der Waals surface area (Å²) in [4.78, 5) is 12.4. The second-order valence-electron chi connectivity index (χ2n) is 7.22. The van der Waals surface area contributed by atoms with Crippen LogP contribution in [0.25, 0.3) is 11.1 Å². The number of hydrogen-bond donors (Lipinski definition) is 1. The molecule has 5 nitrogen and oxygen atoms in total. The van der Waals surface area contributed by atoms with Crippen molar-refractivity contribution in [2.45, 2.75) is 6.42 Å². The normalized spacial score (nSPS) is 13.2. The predicted molar refractivity (Wildman–Crippen MR) is 115 cm³/mol. The third-order valence-electron chi connectivity index (χ3n) is 5.22. The fourth-order valence-electron chi connectivity index (χ4n) is 3.62. The third kappa shape index (κ3) is 4.44. The summed E-state index contributed by atoms with van der Waals surface area (Å²) >= 11 is 0. The van der Waals surface area contributed by atoms with Crippen molar-refractivity contribution in [2.24, 2.45) is 0 Å². The molecule has 1 aliphatic rings. The molecule has 3 aromatic rings. The van der Waals surface area contributed by atoms with Gasteiger partial charge in [-0.3, -0.25) is 9.10 Å². The van der Waals surface area contributed by atoms with E-state index in [9.17, 15) is 22.0 Å². The molecule has 0 bridgehead atoms. The number of amides is 1. The van der Waals surface area contributed by atoms with Crippen molar-refractivity contribution in [1.82, 2.24) is 5.32 Å². The van der Waals surface area contributed by atoms with E-state index < -0.39 is 27.6 Å². The number of fused-ring (bicyclic) bond motifs is 1. The molecule has 0 saturated heterocycles. The molecule has 3 aromatic carbocycles. The van der Waals surface area contributed by atoms with Crippen LogP contribution in [0.1, 0.15) is 15.9 Å². The van der Waals surface area contributed by atoms with Gasteiger partial charge in [0.25, 0.3) is 5.91 Å². The molecular formula is C23H20F2N2O3S. The van der Waals surface area contributed by atoms with Crippen molar-refractivity contribution < 1.29 is 22.0 Å². The van der Waals surface area contributed by atoms with Gasteiger partial charge in [0.2, 0.25) is 10.0 Å². The van der Waals surface area contributed by atoms with E-state index in [1.165, 1.54) is 40.7 Å². The highest BCUT2D eigenvalue weighted by Gasteiger charge is 2.28. The maximum absolute atomic E-state index is 14.5. The van der Waals surface area contributed by atoms with Crippen LogP contribution in [0.5, 0.6) is 0 Å².